The lowest BCUT2D eigenvalue weighted by molar-refractivity contribution is -0.132. The number of carbonyl (C=O) groups is 1. The van der Waals surface area contributed by atoms with E-state index in [4.69, 9.17) is 5.11 Å². The molecule has 1 N–H and O–H groups in total. The Bertz CT molecular complexity index is 165. The second kappa shape index (κ2) is 15.2. The summed E-state index contributed by atoms with van der Waals surface area (Å²) >= 11 is 0. The Labute approximate surface area is 107 Å². The molecule has 0 aromatic carbocycles. The second-order valence-corrected chi connectivity index (χ2v) is 4.56. The predicted molar refractivity (Wildman–Crippen MR) is 75.4 cm³/mol. The molecule has 0 aliphatic heterocycles. The number of carboxylic acid groups (broad SMARTS) is 1. The number of rotatable bonds is 9. The lowest BCUT2D eigenvalue weighted by Gasteiger charge is -1.98. The summed E-state index contributed by atoms with van der Waals surface area (Å²) in [6.45, 7) is 9.15. The normalized spacial score (nSPS) is 9.35. The third kappa shape index (κ3) is 21.1. The van der Waals surface area contributed by atoms with Crippen molar-refractivity contribution >= 4 is 5.97 Å². The molecule has 0 atom stereocenters. The van der Waals surface area contributed by atoms with Gasteiger partial charge in [-0.25, -0.2) is 4.79 Å². The molecular weight excluding hydrogens is 212 g/mol. The molecule has 0 aromatic rings. The Hall–Kier alpha value is -0.790. The maximum absolute atomic E-state index is 9.60. The van der Waals surface area contributed by atoms with Gasteiger partial charge in [0.2, 0.25) is 0 Å². The van der Waals surface area contributed by atoms with Crippen molar-refractivity contribution in [2.75, 3.05) is 0 Å². The summed E-state index contributed by atoms with van der Waals surface area (Å²) in [5.41, 5.74) is 0.176. The molecule has 0 unspecified atom stereocenters. The van der Waals surface area contributed by atoms with Crippen molar-refractivity contribution in [2.45, 2.75) is 78.6 Å². The molecular formula is C15H30O2. The summed E-state index contributed by atoms with van der Waals surface area (Å²) in [7, 11) is 0. The van der Waals surface area contributed by atoms with Crippen molar-refractivity contribution in [2.24, 2.45) is 0 Å². The Morgan fingerprint density at radius 3 is 1.29 bits per heavy atom. The maximum atomic E-state index is 9.60. The molecule has 0 saturated heterocycles. The van der Waals surface area contributed by atoms with Gasteiger partial charge in [0.25, 0.3) is 0 Å². The SMILES string of the molecule is C=C(C)C(=O)O.CCCCCCCCCCC. The van der Waals surface area contributed by atoms with E-state index in [0.29, 0.717) is 0 Å². The average molecular weight is 242 g/mol. The van der Waals surface area contributed by atoms with Crippen LogP contribution in [0.15, 0.2) is 12.2 Å². The van der Waals surface area contributed by atoms with Crippen molar-refractivity contribution in [1.29, 1.82) is 0 Å². The fourth-order valence-corrected chi connectivity index (χ4v) is 1.38. The average Bonchev–Trinajstić information content (AvgIpc) is 2.29. The molecule has 0 aliphatic carbocycles. The summed E-state index contributed by atoms with van der Waals surface area (Å²) in [4.78, 5) is 9.60. The zero-order valence-electron chi connectivity index (χ0n) is 11.9. The van der Waals surface area contributed by atoms with E-state index in [1.807, 2.05) is 0 Å². The maximum Gasteiger partial charge on any atom is 0.330 e. The van der Waals surface area contributed by atoms with E-state index in [2.05, 4.69) is 20.4 Å². The van der Waals surface area contributed by atoms with Crippen LogP contribution in [0.5, 0.6) is 0 Å². The van der Waals surface area contributed by atoms with E-state index in [9.17, 15) is 4.79 Å². The van der Waals surface area contributed by atoms with Gasteiger partial charge in [0.05, 0.1) is 0 Å². The molecule has 0 aliphatic rings. The monoisotopic (exact) mass is 242 g/mol. The third-order valence-electron chi connectivity index (χ3n) is 2.57. The van der Waals surface area contributed by atoms with Gasteiger partial charge in [-0.3, -0.25) is 0 Å². The van der Waals surface area contributed by atoms with Gasteiger partial charge in [0, 0.05) is 5.57 Å². The zero-order valence-corrected chi connectivity index (χ0v) is 11.9. The number of carboxylic acids is 1. The van der Waals surface area contributed by atoms with Crippen molar-refractivity contribution < 1.29 is 9.90 Å². The summed E-state index contributed by atoms with van der Waals surface area (Å²) in [6.07, 6.45) is 13.0. The van der Waals surface area contributed by atoms with Crippen molar-refractivity contribution in [1.82, 2.24) is 0 Å². The first-order valence-electron chi connectivity index (χ1n) is 6.95. The summed E-state index contributed by atoms with van der Waals surface area (Å²) < 4.78 is 0. The van der Waals surface area contributed by atoms with E-state index >= 15 is 0 Å². The van der Waals surface area contributed by atoms with E-state index in [0.717, 1.165) is 0 Å². The van der Waals surface area contributed by atoms with Crippen LogP contribution >= 0.6 is 0 Å². The molecule has 102 valence electrons. The number of hydrogen-bond acceptors (Lipinski definition) is 1. The zero-order chi connectivity index (χ0) is 13.5. The van der Waals surface area contributed by atoms with Gasteiger partial charge in [0.1, 0.15) is 0 Å². The largest absolute Gasteiger partial charge is 0.478 e. The molecule has 0 rings (SSSR count). The van der Waals surface area contributed by atoms with Gasteiger partial charge in [-0.15, -0.1) is 0 Å². The van der Waals surface area contributed by atoms with Gasteiger partial charge in [-0.1, -0.05) is 78.2 Å². The van der Waals surface area contributed by atoms with Crippen molar-refractivity contribution in [3.05, 3.63) is 12.2 Å². The van der Waals surface area contributed by atoms with Crippen LogP contribution in [-0.4, -0.2) is 11.1 Å². The topological polar surface area (TPSA) is 37.3 Å². The van der Waals surface area contributed by atoms with Crippen LogP contribution in [0.3, 0.4) is 0 Å². The van der Waals surface area contributed by atoms with Crippen molar-refractivity contribution in [3.8, 4) is 0 Å². The smallest absolute Gasteiger partial charge is 0.330 e. The van der Waals surface area contributed by atoms with Crippen LogP contribution in [0, 0.1) is 0 Å². The fraction of sp³-hybridized carbons (Fsp3) is 0.800. The van der Waals surface area contributed by atoms with Crippen LogP contribution in [0.2, 0.25) is 0 Å². The molecule has 0 saturated carbocycles. The molecule has 17 heavy (non-hydrogen) atoms. The first kappa shape index (κ1) is 18.6. The van der Waals surface area contributed by atoms with Gasteiger partial charge >= 0.3 is 5.97 Å². The summed E-state index contributed by atoms with van der Waals surface area (Å²) in [6, 6.07) is 0. The van der Waals surface area contributed by atoms with Crippen molar-refractivity contribution in [3.63, 3.8) is 0 Å². The lowest BCUT2D eigenvalue weighted by Crippen LogP contribution is -1.92. The first-order chi connectivity index (χ1) is 8.06. The highest BCUT2D eigenvalue weighted by atomic mass is 16.4. The quantitative estimate of drug-likeness (QED) is 0.446. The Kier molecular flexibility index (Phi) is 16.6. The molecule has 0 fully saturated rings. The van der Waals surface area contributed by atoms with Gasteiger partial charge < -0.3 is 5.11 Å². The molecule has 0 aromatic heterocycles. The highest BCUT2D eigenvalue weighted by molar-refractivity contribution is 5.84. The summed E-state index contributed by atoms with van der Waals surface area (Å²) in [5.74, 6) is -0.935. The van der Waals surface area contributed by atoms with Crippen LogP contribution < -0.4 is 0 Å². The number of hydrogen-bond donors (Lipinski definition) is 1. The lowest BCUT2D eigenvalue weighted by atomic mass is 10.1. The van der Waals surface area contributed by atoms with Gasteiger partial charge in [0.15, 0.2) is 0 Å². The standard InChI is InChI=1S/C11H24.C4H6O2/c1-3-5-7-9-11-10-8-6-4-2;1-3(2)4(5)6/h3-11H2,1-2H3;1H2,2H3,(H,5,6). The third-order valence-corrected chi connectivity index (χ3v) is 2.57. The molecule has 2 nitrogen and oxygen atoms in total. The Morgan fingerprint density at radius 2 is 1.12 bits per heavy atom. The van der Waals surface area contributed by atoms with Gasteiger partial charge in [-0.05, 0) is 6.92 Å². The first-order valence-corrected chi connectivity index (χ1v) is 6.95. The highest BCUT2D eigenvalue weighted by Crippen LogP contribution is 2.08. The predicted octanol–water partition coefficient (Wildman–Crippen LogP) is 5.18. The van der Waals surface area contributed by atoms with Crippen LogP contribution in [0.4, 0.5) is 0 Å². The minimum Gasteiger partial charge on any atom is -0.478 e. The minimum atomic E-state index is -0.935. The Morgan fingerprint density at radius 1 is 0.882 bits per heavy atom. The number of unbranched alkanes of at least 4 members (excludes halogenated alkanes) is 8. The van der Waals surface area contributed by atoms with Gasteiger partial charge in [-0.2, -0.15) is 0 Å². The minimum absolute atomic E-state index is 0.176. The van der Waals surface area contributed by atoms with E-state index in [-0.39, 0.29) is 5.57 Å². The molecule has 0 heterocycles. The molecule has 0 radical (unpaired) electrons. The Balaban J connectivity index is 0. The number of aliphatic carboxylic acids is 1. The molecule has 0 bridgehead atoms. The summed E-state index contributed by atoms with van der Waals surface area (Å²) in [5, 5.41) is 7.89. The van der Waals surface area contributed by atoms with E-state index < -0.39 is 5.97 Å². The fourth-order valence-electron chi connectivity index (χ4n) is 1.38. The molecule has 0 spiro atoms. The molecule has 0 amide bonds. The van der Waals surface area contributed by atoms with E-state index in [1.165, 1.54) is 64.7 Å². The second-order valence-electron chi connectivity index (χ2n) is 4.56. The van der Waals surface area contributed by atoms with Crippen LogP contribution in [-0.2, 0) is 4.79 Å². The van der Waals surface area contributed by atoms with Crippen LogP contribution in [0.25, 0.3) is 0 Å². The molecule has 2 heteroatoms. The van der Waals surface area contributed by atoms with Crippen LogP contribution in [0.1, 0.15) is 78.6 Å². The highest BCUT2D eigenvalue weighted by Gasteiger charge is 1.90. The van der Waals surface area contributed by atoms with E-state index in [1.54, 1.807) is 0 Å².